The maximum Gasteiger partial charge on any atom is 0.264 e. The van der Waals surface area contributed by atoms with Gasteiger partial charge in [0.25, 0.3) is 15.9 Å². The first-order valence-corrected chi connectivity index (χ1v) is 13.4. The van der Waals surface area contributed by atoms with E-state index in [0.717, 1.165) is 5.56 Å². The van der Waals surface area contributed by atoms with Crippen LogP contribution in [0.3, 0.4) is 0 Å². The van der Waals surface area contributed by atoms with Crippen LogP contribution in [0.15, 0.2) is 102 Å². The van der Waals surface area contributed by atoms with Crippen LogP contribution in [0.4, 0.5) is 11.4 Å². The van der Waals surface area contributed by atoms with Crippen molar-refractivity contribution in [3.8, 4) is 17.2 Å². The van der Waals surface area contributed by atoms with Crippen LogP contribution in [-0.2, 0) is 21.2 Å². The van der Waals surface area contributed by atoms with E-state index in [1.54, 1.807) is 30.3 Å². The van der Waals surface area contributed by atoms with Gasteiger partial charge >= 0.3 is 0 Å². The Labute approximate surface area is 220 Å². The van der Waals surface area contributed by atoms with Gasteiger partial charge in [-0.05, 0) is 72.6 Å². The Morgan fingerprint density at radius 3 is 2.41 bits per heavy atom. The van der Waals surface area contributed by atoms with Crippen molar-refractivity contribution in [2.45, 2.75) is 11.3 Å². The fourth-order valence-corrected chi connectivity index (χ4v) is 5.71. The lowest BCUT2D eigenvalue weighted by Gasteiger charge is -2.19. The Balaban J connectivity index is 1.22. The fourth-order valence-electron chi connectivity index (χ4n) is 4.03. The Hall–Kier alpha value is -4.01. The average molecular weight is 535 g/mol. The smallest absolute Gasteiger partial charge is 0.264 e. The number of carbonyl (C=O) groups is 1. The molecule has 188 valence electrons. The molecule has 4 aromatic carbocycles. The van der Waals surface area contributed by atoms with Crippen LogP contribution in [0.25, 0.3) is 0 Å². The number of carbonyl (C=O) groups excluding carboxylic acids is 1. The van der Waals surface area contributed by atoms with Crippen molar-refractivity contribution in [2.24, 2.45) is 0 Å². The fraction of sp³-hybridized carbons (Fsp3) is 0.107. The lowest BCUT2D eigenvalue weighted by atomic mass is 10.2. The maximum atomic E-state index is 13.2. The van der Waals surface area contributed by atoms with E-state index in [0.29, 0.717) is 46.6 Å². The molecule has 0 radical (unpaired) electrons. The summed E-state index contributed by atoms with van der Waals surface area (Å²) in [6, 6.07) is 27.6. The first-order valence-electron chi connectivity index (χ1n) is 11.6. The number of sulfonamides is 1. The lowest BCUT2D eigenvalue weighted by Crippen LogP contribution is -2.29. The molecular formula is C28H23ClN2O5S. The molecule has 1 aliphatic heterocycles. The second-order valence-electron chi connectivity index (χ2n) is 8.32. The summed E-state index contributed by atoms with van der Waals surface area (Å²) in [4.78, 5) is 12.7. The summed E-state index contributed by atoms with van der Waals surface area (Å²) >= 11 is 6.11. The molecule has 1 heterocycles. The van der Waals surface area contributed by atoms with Gasteiger partial charge in [0.15, 0.2) is 12.4 Å². The zero-order valence-corrected chi connectivity index (χ0v) is 21.2. The zero-order valence-electron chi connectivity index (χ0n) is 19.6. The molecule has 37 heavy (non-hydrogen) atoms. The highest BCUT2D eigenvalue weighted by molar-refractivity contribution is 7.92. The van der Waals surface area contributed by atoms with Crippen molar-refractivity contribution in [3.05, 3.63) is 108 Å². The Morgan fingerprint density at radius 1 is 0.892 bits per heavy atom. The number of nitrogens with one attached hydrogen (secondary N) is 1. The molecule has 0 unspecified atom stereocenters. The first kappa shape index (κ1) is 24.7. The van der Waals surface area contributed by atoms with E-state index >= 15 is 0 Å². The van der Waals surface area contributed by atoms with Crippen LogP contribution < -0.4 is 19.1 Å². The van der Waals surface area contributed by atoms with Crippen LogP contribution >= 0.6 is 11.6 Å². The Morgan fingerprint density at radius 2 is 1.62 bits per heavy atom. The number of halogens is 1. The Kier molecular flexibility index (Phi) is 7.03. The summed E-state index contributed by atoms with van der Waals surface area (Å²) in [6.45, 7) is 0.114. The number of hydrogen-bond acceptors (Lipinski definition) is 5. The number of benzene rings is 4. The minimum Gasteiger partial charge on any atom is -0.484 e. The van der Waals surface area contributed by atoms with Crippen molar-refractivity contribution in [1.82, 2.24) is 0 Å². The molecule has 1 amide bonds. The van der Waals surface area contributed by atoms with Crippen LogP contribution in [-0.4, -0.2) is 27.5 Å². The SMILES string of the molecule is O=C(COc1ccc(S(=O)(=O)N2CCc3ccccc32)cc1)Nc1cc(Cl)ccc1Oc1ccccc1. The number of hydrogen-bond donors (Lipinski definition) is 1. The molecule has 0 saturated heterocycles. The third-order valence-corrected chi connectivity index (χ3v) is 7.88. The Bertz CT molecular complexity index is 1530. The molecule has 4 aromatic rings. The van der Waals surface area contributed by atoms with Crippen molar-refractivity contribution in [1.29, 1.82) is 0 Å². The van der Waals surface area contributed by atoms with Crippen molar-refractivity contribution < 1.29 is 22.7 Å². The average Bonchev–Trinajstić information content (AvgIpc) is 3.35. The van der Waals surface area contributed by atoms with Gasteiger partial charge in [0.2, 0.25) is 0 Å². The van der Waals surface area contributed by atoms with E-state index in [-0.39, 0.29) is 11.5 Å². The normalized spacial score (nSPS) is 12.6. The van der Waals surface area contributed by atoms with E-state index in [4.69, 9.17) is 21.1 Å². The molecule has 0 aliphatic carbocycles. The number of ether oxygens (including phenoxy) is 2. The van der Waals surface area contributed by atoms with Crippen LogP contribution in [0.1, 0.15) is 5.56 Å². The molecule has 0 fully saturated rings. The standard InChI is InChI=1S/C28H23ClN2O5S/c29-21-10-15-27(36-23-7-2-1-3-8-23)25(18-21)30-28(32)19-35-22-11-13-24(14-12-22)37(33,34)31-17-16-20-6-4-5-9-26(20)31/h1-15,18H,16-17,19H2,(H,30,32). The van der Waals surface area contributed by atoms with Crippen molar-refractivity contribution >= 4 is 38.9 Å². The minimum absolute atomic E-state index is 0.155. The quantitative estimate of drug-likeness (QED) is 0.304. The second kappa shape index (κ2) is 10.5. The number of para-hydroxylation sites is 2. The molecule has 0 saturated carbocycles. The summed E-state index contributed by atoms with van der Waals surface area (Å²) in [5.41, 5.74) is 2.11. The van der Waals surface area contributed by atoms with Gasteiger partial charge in [0.05, 0.1) is 16.3 Å². The third-order valence-electron chi connectivity index (χ3n) is 5.81. The zero-order chi connectivity index (χ0) is 25.8. The number of nitrogens with zero attached hydrogens (tertiary/aromatic N) is 1. The molecule has 5 rings (SSSR count). The van der Waals surface area contributed by atoms with Gasteiger partial charge in [-0.1, -0.05) is 48.0 Å². The van der Waals surface area contributed by atoms with Gasteiger partial charge in [0, 0.05) is 11.6 Å². The van der Waals surface area contributed by atoms with E-state index in [2.05, 4.69) is 5.32 Å². The van der Waals surface area contributed by atoms with Crippen LogP contribution in [0, 0.1) is 0 Å². The highest BCUT2D eigenvalue weighted by Gasteiger charge is 2.30. The number of fused-ring (bicyclic) bond motifs is 1. The lowest BCUT2D eigenvalue weighted by molar-refractivity contribution is -0.118. The van der Waals surface area contributed by atoms with Gasteiger partial charge in [-0.15, -0.1) is 0 Å². The molecule has 0 bridgehead atoms. The van der Waals surface area contributed by atoms with Gasteiger partial charge in [-0.25, -0.2) is 8.42 Å². The maximum absolute atomic E-state index is 13.2. The third kappa shape index (κ3) is 5.55. The number of rotatable bonds is 8. The molecule has 1 aliphatic rings. The van der Waals surface area contributed by atoms with Crippen LogP contribution in [0.5, 0.6) is 17.2 Å². The summed E-state index contributed by atoms with van der Waals surface area (Å²) in [6.07, 6.45) is 0.677. The first-order chi connectivity index (χ1) is 17.9. The van der Waals surface area contributed by atoms with E-state index < -0.39 is 15.9 Å². The summed E-state index contributed by atoms with van der Waals surface area (Å²) in [5, 5.41) is 3.19. The van der Waals surface area contributed by atoms with Crippen LogP contribution in [0.2, 0.25) is 5.02 Å². The summed E-state index contributed by atoms with van der Waals surface area (Å²) in [5.74, 6) is 0.986. The molecule has 1 N–H and O–H groups in total. The second-order valence-corrected chi connectivity index (χ2v) is 10.6. The molecule has 7 nitrogen and oxygen atoms in total. The number of anilines is 2. The monoisotopic (exact) mass is 534 g/mol. The van der Waals surface area contributed by atoms with E-state index in [1.807, 2.05) is 42.5 Å². The predicted molar refractivity (Wildman–Crippen MR) is 143 cm³/mol. The van der Waals surface area contributed by atoms with Gasteiger partial charge < -0.3 is 14.8 Å². The van der Waals surface area contributed by atoms with Gasteiger partial charge in [-0.3, -0.25) is 9.10 Å². The minimum atomic E-state index is -3.70. The molecular weight excluding hydrogens is 512 g/mol. The summed E-state index contributed by atoms with van der Waals surface area (Å²) < 4.78 is 39.2. The van der Waals surface area contributed by atoms with E-state index in [1.165, 1.54) is 28.6 Å². The van der Waals surface area contributed by atoms with E-state index in [9.17, 15) is 13.2 Å². The highest BCUT2D eigenvalue weighted by atomic mass is 35.5. The number of amides is 1. The molecule has 9 heteroatoms. The van der Waals surface area contributed by atoms with Gasteiger partial charge in [-0.2, -0.15) is 0 Å². The predicted octanol–water partition coefficient (Wildman–Crippen LogP) is 5.90. The topological polar surface area (TPSA) is 84.9 Å². The summed E-state index contributed by atoms with van der Waals surface area (Å²) in [7, 11) is -3.70. The van der Waals surface area contributed by atoms with Crippen molar-refractivity contribution in [3.63, 3.8) is 0 Å². The molecule has 0 aromatic heterocycles. The molecule has 0 spiro atoms. The van der Waals surface area contributed by atoms with Gasteiger partial charge in [0.1, 0.15) is 11.5 Å². The van der Waals surface area contributed by atoms with Crippen molar-refractivity contribution in [2.75, 3.05) is 22.8 Å². The molecule has 0 atom stereocenters. The largest absolute Gasteiger partial charge is 0.484 e. The highest BCUT2D eigenvalue weighted by Crippen LogP contribution is 2.34.